The summed E-state index contributed by atoms with van der Waals surface area (Å²) in [5, 5.41) is 36.7. The molecule has 0 aromatic carbocycles. The molecule has 1 saturated carbocycles. The molecule has 3 N–H and O–H groups in total. The normalized spacial score (nSPS) is 46.4. The Labute approximate surface area is 325 Å². The lowest BCUT2D eigenvalue weighted by Crippen LogP contribution is -2.57. The molecule has 7 rings (SSSR count). The molecule has 5 aliphatic heterocycles. The number of allylic oxidation sites excluding steroid dienone is 2. The standard InChI is InChI=1S/C43H63NO11/c1-24-11-10-14-30-23-50-40-36(44-48)27(4)19-33(43(30,40)47)41(46)52-32-20-31(16-15-25(2)38(24)53-35-21-34(49-6)37(45)28(5)51-35)54-42(22-32)18-17-26(3)39(55-42)29-12-8-7-9-13-29/h10-11,14-15,19,24,26,28-29,31-35,37-40,45,47-48H,7-9,12-13,16-18,20-23H2,1-6H3/b11-10?,25-15-,30-14?,44-36-/t24-,26-,28-,31+,32-,33-,34-,35-,37-,38-,39-,40+,42+,43+/m0/s1. The predicted octanol–water partition coefficient (Wildman–Crippen LogP) is 6.07. The van der Waals surface area contributed by atoms with Gasteiger partial charge in [-0.1, -0.05) is 68.6 Å². The Balaban J connectivity index is 1.25. The van der Waals surface area contributed by atoms with E-state index in [1.165, 1.54) is 19.3 Å². The third-order valence-electron chi connectivity index (χ3n) is 13.6. The first kappa shape index (κ1) is 40.8. The second kappa shape index (κ2) is 16.8. The lowest BCUT2D eigenvalue weighted by atomic mass is 9.71. The highest BCUT2D eigenvalue weighted by Gasteiger charge is 2.60. The number of ether oxygens (including phenoxy) is 7. The summed E-state index contributed by atoms with van der Waals surface area (Å²) < 4.78 is 45.1. The summed E-state index contributed by atoms with van der Waals surface area (Å²) in [5.74, 6) is -1.83. The second-order valence-electron chi connectivity index (χ2n) is 17.4. The highest BCUT2D eigenvalue weighted by molar-refractivity contribution is 6.06. The molecule has 7 aliphatic rings. The number of carbonyl (C=O) groups is 1. The van der Waals surface area contributed by atoms with Crippen molar-refractivity contribution >= 4 is 11.7 Å². The summed E-state index contributed by atoms with van der Waals surface area (Å²) in [6.45, 7) is 10.0. The third kappa shape index (κ3) is 8.17. The Kier molecular flexibility index (Phi) is 12.5. The molecule has 12 heteroatoms. The van der Waals surface area contributed by atoms with Crippen molar-refractivity contribution in [2.24, 2.45) is 28.8 Å². The van der Waals surface area contributed by atoms with Gasteiger partial charge in [0.25, 0.3) is 0 Å². The van der Waals surface area contributed by atoms with E-state index in [9.17, 15) is 20.2 Å². The molecular weight excluding hydrogens is 706 g/mol. The number of carbonyl (C=O) groups excluding carboxylic acids is 1. The molecule has 12 nitrogen and oxygen atoms in total. The van der Waals surface area contributed by atoms with Crippen LogP contribution in [0.25, 0.3) is 0 Å². The monoisotopic (exact) mass is 769 g/mol. The zero-order valence-corrected chi connectivity index (χ0v) is 33.4. The van der Waals surface area contributed by atoms with Crippen molar-refractivity contribution in [2.75, 3.05) is 13.7 Å². The van der Waals surface area contributed by atoms with Crippen LogP contribution >= 0.6 is 0 Å². The smallest absolute Gasteiger partial charge is 0.316 e. The van der Waals surface area contributed by atoms with E-state index < -0.39 is 66.2 Å². The molecule has 2 aliphatic carbocycles. The fourth-order valence-corrected chi connectivity index (χ4v) is 10.4. The number of hydrogen-bond donors (Lipinski definition) is 3. The topological polar surface area (TPSA) is 155 Å². The maximum Gasteiger partial charge on any atom is 0.316 e. The van der Waals surface area contributed by atoms with Gasteiger partial charge in [-0.15, -0.1) is 0 Å². The molecule has 14 atom stereocenters. The number of fused-ring (bicyclic) bond motifs is 2. The summed E-state index contributed by atoms with van der Waals surface area (Å²) in [4.78, 5) is 14.4. The summed E-state index contributed by atoms with van der Waals surface area (Å²) in [6.07, 6.45) is 14.4. The van der Waals surface area contributed by atoms with Gasteiger partial charge >= 0.3 is 5.97 Å². The average molecular weight is 770 g/mol. The van der Waals surface area contributed by atoms with Gasteiger partial charge in [-0.2, -0.15) is 0 Å². The van der Waals surface area contributed by atoms with Crippen LogP contribution < -0.4 is 0 Å². The van der Waals surface area contributed by atoms with Crippen molar-refractivity contribution in [1.29, 1.82) is 0 Å². The number of aliphatic hydroxyl groups excluding tert-OH is 1. The maximum atomic E-state index is 14.4. The van der Waals surface area contributed by atoms with Crippen molar-refractivity contribution in [3.05, 3.63) is 47.1 Å². The van der Waals surface area contributed by atoms with Gasteiger partial charge in [0.05, 0.1) is 37.1 Å². The molecule has 0 aromatic heterocycles. The minimum atomic E-state index is -1.83. The lowest BCUT2D eigenvalue weighted by molar-refractivity contribution is -0.342. The number of aliphatic hydroxyl groups is 2. The number of hydrogen-bond acceptors (Lipinski definition) is 12. The van der Waals surface area contributed by atoms with E-state index in [-0.39, 0.29) is 30.4 Å². The van der Waals surface area contributed by atoms with Crippen molar-refractivity contribution in [1.82, 2.24) is 0 Å². The molecular formula is C43H63NO11. The van der Waals surface area contributed by atoms with Gasteiger partial charge < -0.3 is 48.6 Å². The number of esters is 1. The summed E-state index contributed by atoms with van der Waals surface area (Å²) in [5.41, 5.74) is 0.362. The zero-order chi connectivity index (χ0) is 39.1. The fourth-order valence-electron chi connectivity index (χ4n) is 10.4. The van der Waals surface area contributed by atoms with Crippen LogP contribution in [-0.4, -0.2) is 107 Å². The van der Waals surface area contributed by atoms with Crippen molar-refractivity contribution < 1.29 is 53.4 Å². The van der Waals surface area contributed by atoms with Gasteiger partial charge in [0.2, 0.25) is 0 Å². The highest BCUT2D eigenvalue weighted by Crippen LogP contribution is 2.48. The van der Waals surface area contributed by atoms with Crippen LogP contribution in [0.15, 0.2) is 52.3 Å². The molecule has 5 heterocycles. The van der Waals surface area contributed by atoms with Crippen LogP contribution in [0.5, 0.6) is 0 Å². The lowest BCUT2D eigenvalue weighted by Gasteiger charge is -2.51. The first-order chi connectivity index (χ1) is 26.4. The quantitative estimate of drug-likeness (QED) is 0.132. The number of rotatable bonds is 4. The molecule has 0 unspecified atom stereocenters. The first-order valence-corrected chi connectivity index (χ1v) is 20.7. The van der Waals surface area contributed by atoms with Crippen molar-refractivity contribution in [3.8, 4) is 0 Å². The SMILES string of the molecule is CO[C@H]1C[C@H](O[C@@H]2/C(C)=C\C[C@@H]3C[C@@H](C[C@]4(CC[C@H](C)[C@@H](C5CCCCC5)O4)O3)OC(=O)[C@@H]3C=C(C)/C(=N/O)[C@H]4OCC(=CC=C[C@@H]2C)[C@]43O)O[C@@H](C)[C@@H]1O. The van der Waals surface area contributed by atoms with Gasteiger partial charge in [0.1, 0.15) is 35.5 Å². The Bertz CT molecular complexity index is 1550. The van der Waals surface area contributed by atoms with Crippen molar-refractivity contribution in [2.45, 2.75) is 172 Å². The molecule has 1 spiro atoms. The van der Waals surface area contributed by atoms with Gasteiger partial charge in [0.15, 0.2) is 12.1 Å². The van der Waals surface area contributed by atoms with Gasteiger partial charge in [-0.25, -0.2) is 0 Å². The van der Waals surface area contributed by atoms with Crippen LogP contribution in [-0.2, 0) is 38.0 Å². The minimum absolute atomic E-state index is 0.0359. The van der Waals surface area contributed by atoms with E-state index in [2.05, 4.69) is 32.0 Å². The van der Waals surface area contributed by atoms with Crippen LogP contribution in [0.4, 0.5) is 0 Å². The maximum absolute atomic E-state index is 14.4. The first-order valence-electron chi connectivity index (χ1n) is 20.7. The molecule has 0 aromatic rings. The molecule has 2 bridgehead atoms. The summed E-state index contributed by atoms with van der Waals surface area (Å²) in [7, 11) is 1.59. The van der Waals surface area contributed by atoms with E-state index in [0.29, 0.717) is 55.1 Å². The summed E-state index contributed by atoms with van der Waals surface area (Å²) in [6, 6.07) is 0. The number of oxime groups is 1. The second-order valence-corrected chi connectivity index (χ2v) is 17.4. The third-order valence-corrected chi connectivity index (χ3v) is 13.6. The van der Waals surface area contributed by atoms with Crippen LogP contribution in [0, 0.1) is 23.7 Å². The molecule has 0 radical (unpaired) electrons. The predicted molar refractivity (Wildman–Crippen MR) is 203 cm³/mol. The highest BCUT2D eigenvalue weighted by atomic mass is 16.7. The number of nitrogens with zero attached hydrogens (tertiary/aromatic N) is 1. The molecule has 4 saturated heterocycles. The summed E-state index contributed by atoms with van der Waals surface area (Å²) >= 11 is 0. The van der Waals surface area contributed by atoms with E-state index in [1.54, 1.807) is 26.2 Å². The van der Waals surface area contributed by atoms with Crippen LogP contribution in [0.3, 0.4) is 0 Å². The average Bonchev–Trinajstić information content (AvgIpc) is 3.50. The molecule has 306 valence electrons. The Morgan fingerprint density at radius 1 is 1.02 bits per heavy atom. The molecule has 0 amide bonds. The minimum Gasteiger partial charge on any atom is -0.462 e. The van der Waals surface area contributed by atoms with Gasteiger partial charge in [-0.3, -0.25) is 4.79 Å². The van der Waals surface area contributed by atoms with Crippen LogP contribution in [0.2, 0.25) is 0 Å². The Hall–Kier alpha value is -2.42. The van der Waals surface area contributed by atoms with E-state index in [1.807, 2.05) is 19.1 Å². The van der Waals surface area contributed by atoms with Crippen LogP contribution in [0.1, 0.15) is 105 Å². The van der Waals surface area contributed by atoms with E-state index >= 15 is 0 Å². The number of methoxy groups -OCH3 is 1. The Morgan fingerprint density at radius 2 is 1.80 bits per heavy atom. The van der Waals surface area contributed by atoms with Gasteiger partial charge in [-0.05, 0) is 75.0 Å². The molecule has 5 fully saturated rings. The largest absolute Gasteiger partial charge is 0.462 e. The van der Waals surface area contributed by atoms with E-state index in [0.717, 1.165) is 24.8 Å². The van der Waals surface area contributed by atoms with Crippen molar-refractivity contribution in [3.63, 3.8) is 0 Å². The fraction of sp³-hybridized carbons (Fsp3) is 0.767. The van der Waals surface area contributed by atoms with Gasteiger partial charge in [0, 0.05) is 38.7 Å². The zero-order valence-electron chi connectivity index (χ0n) is 33.4. The Morgan fingerprint density at radius 3 is 2.55 bits per heavy atom. The van der Waals surface area contributed by atoms with E-state index in [4.69, 9.17) is 33.2 Å². The molecule has 55 heavy (non-hydrogen) atoms.